The van der Waals surface area contributed by atoms with Crippen molar-refractivity contribution < 1.29 is 24.2 Å². The van der Waals surface area contributed by atoms with Gasteiger partial charge in [0, 0.05) is 5.70 Å². The Morgan fingerprint density at radius 3 is 2.45 bits per heavy atom. The normalized spacial score (nSPS) is 16.3. The number of ether oxygens (including phenoxy) is 2. The molecule has 2 aromatic rings. The van der Waals surface area contributed by atoms with E-state index < -0.39 is 5.97 Å². The molecule has 1 amide bonds. The van der Waals surface area contributed by atoms with Crippen LogP contribution in [0.15, 0.2) is 65.4 Å². The van der Waals surface area contributed by atoms with Gasteiger partial charge in [-0.25, -0.2) is 4.79 Å². The molecule has 0 saturated heterocycles. The Morgan fingerprint density at radius 2 is 1.83 bits per heavy atom. The van der Waals surface area contributed by atoms with Gasteiger partial charge in [-0.1, -0.05) is 36.4 Å². The van der Waals surface area contributed by atoms with Crippen LogP contribution < -0.4 is 4.74 Å². The summed E-state index contributed by atoms with van der Waals surface area (Å²) in [5, 5.41) is 9.80. The smallest absolute Gasteiger partial charge is 0.340 e. The van der Waals surface area contributed by atoms with Crippen LogP contribution in [0, 0.1) is 0 Å². The molecular weight excluding hydrogens is 370 g/mol. The summed E-state index contributed by atoms with van der Waals surface area (Å²) >= 11 is 0. The molecule has 0 aromatic heterocycles. The van der Waals surface area contributed by atoms with E-state index >= 15 is 0 Å². The number of phenols is 1. The summed E-state index contributed by atoms with van der Waals surface area (Å²) in [5.41, 5.74) is 2.58. The van der Waals surface area contributed by atoms with E-state index in [1.54, 1.807) is 30.0 Å². The Balaban J connectivity index is 2.09. The Kier molecular flexibility index (Phi) is 5.73. The molecule has 1 aliphatic heterocycles. The fraction of sp³-hybridized carbons (Fsp3) is 0.217. The number of hydrogen-bond donors (Lipinski definition) is 1. The lowest BCUT2D eigenvalue weighted by Crippen LogP contribution is -2.28. The summed E-state index contributed by atoms with van der Waals surface area (Å²) in [4.78, 5) is 27.4. The number of amides is 1. The van der Waals surface area contributed by atoms with E-state index in [2.05, 4.69) is 0 Å². The number of benzene rings is 2. The number of nitrogens with zero attached hydrogens (tertiary/aromatic N) is 1. The van der Waals surface area contributed by atoms with Crippen molar-refractivity contribution >= 4 is 18.0 Å². The number of esters is 1. The average Bonchev–Trinajstić information content (AvgIpc) is 2.98. The van der Waals surface area contributed by atoms with E-state index in [0.29, 0.717) is 11.3 Å². The molecule has 3 rings (SSSR count). The Morgan fingerprint density at radius 1 is 1.14 bits per heavy atom. The number of rotatable bonds is 5. The van der Waals surface area contributed by atoms with Crippen molar-refractivity contribution in [2.24, 2.45) is 0 Å². The summed E-state index contributed by atoms with van der Waals surface area (Å²) in [5.74, 6) is -0.590. The fourth-order valence-corrected chi connectivity index (χ4v) is 3.50. The van der Waals surface area contributed by atoms with Crippen molar-refractivity contribution in [2.45, 2.75) is 19.9 Å². The minimum atomic E-state index is -0.574. The molecule has 6 nitrogen and oxygen atoms in total. The molecule has 1 heterocycles. The van der Waals surface area contributed by atoms with Gasteiger partial charge in [-0.2, -0.15) is 0 Å². The van der Waals surface area contributed by atoms with E-state index in [9.17, 15) is 14.7 Å². The maximum absolute atomic E-state index is 13.3. The molecule has 0 fully saturated rings. The van der Waals surface area contributed by atoms with Crippen molar-refractivity contribution in [1.29, 1.82) is 0 Å². The molecule has 0 radical (unpaired) electrons. The van der Waals surface area contributed by atoms with Gasteiger partial charge in [0.05, 0.1) is 31.4 Å². The van der Waals surface area contributed by atoms with E-state index in [4.69, 9.17) is 9.47 Å². The lowest BCUT2D eigenvalue weighted by molar-refractivity contribution is -0.136. The van der Waals surface area contributed by atoms with Gasteiger partial charge in [-0.15, -0.1) is 0 Å². The summed E-state index contributed by atoms with van der Waals surface area (Å²) in [6, 6.07) is 14.1. The van der Waals surface area contributed by atoms with Gasteiger partial charge >= 0.3 is 5.97 Å². The SMILES string of the molecule is COC(=O)C1=C(C)N([C@@H](C)c2ccccc2)C(=O)/C1=C\c1ccc(O)c(OC)c1. The van der Waals surface area contributed by atoms with Gasteiger partial charge in [-0.05, 0) is 43.2 Å². The first-order chi connectivity index (χ1) is 13.9. The van der Waals surface area contributed by atoms with Crippen LogP contribution in [-0.2, 0) is 14.3 Å². The molecule has 0 unspecified atom stereocenters. The molecule has 0 spiro atoms. The van der Waals surface area contributed by atoms with Gasteiger partial charge < -0.3 is 19.5 Å². The van der Waals surface area contributed by atoms with Crippen LogP contribution in [0.25, 0.3) is 6.08 Å². The molecule has 150 valence electrons. The number of aromatic hydroxyl groups is 1. The zero-order valence-corrected chi connectivity index (χ0v) is 16.8. The maximum Gasteiger partial charge on any atom is 0.340 e. The van der Waals surface area contributed by atoms with Crippen molar-refractivity contribution in [1.82, 2.24) is 4.90 Å². The average molecular weight is 393 g/mol. The number of carbonyl (C=O) groups is 2. The predicted molar refractivity (Wildman–Crippen MR) is 109 cm³/mol. The van der Waals surface area contributed by atoms with Gasteiger partial charge in [0.25, 0.3) is 5.91 Å². The van der Waals surface area contributed by atoms with Gasteiger partial charge in [-0.3, -0.25) is 4.79 Å². The highest BCUT2D eigenvalue weighted by atomic mass is 16.5. The molecule has 0 bridgehead atoms. The predicted octanol–water partition coefficient (Wildman–Crippen LogP) is 3.83. The third kappa shape index (κ3) is 3.74. The third-order valence-corrected chi connectivity index (χ3v) is 5.02. The zero-order valence-electron chi connectivity index (χ0n) is 16.8. The van der Waals surface area contributed by atoms with Crippen molar-refractivity contribution in [2.75, 3.05) is 14.2 Å². The van der Waals surface area contributed by atoms with E-state index in [-0.39, 0.29) is 34.6 Å². The molecule has 1 aliphatic rings. The van der Waals surface area contributed by atoms with Crippen LogP contribution in [0.4, 0.5) is 0 Å². The highest BCUT2D eigenvalue weighted by molar-refractivity contribution is 6.16. The van der Waals surface area contributed by atoms with Gasteiger partial charge in [0.15, 0.2) is 11.5 Å². The lowest BCUT2D eigenvalue weighted by Gasteiger charge is -2.26. The molecule has 0 saturated carbocycles. The number of carbonyl (C=O) groups excluding carboxylic acids is 2. The van der Waals surface area contributed by atoms with E-state index in [0.717, 1.165) is 5.56 Å². The van der Waals surface area contributed by atoms with Crippen LogP contribution >= 0.6 is 0 Å². The monoisotopic (exact) mass is 393 g/mol. The highest BCUT2D eigenvalue weighted by Crippen LogP contribution is 2.38. The molecule has 2 aromatic carbocycles. The van der Waals surface area contributed by atoms with Crippen molar-refractivity contribution in [3.8, 4) is 11.5 Å². The van der Waals surface area contributed by atoms with Crippen LogP contribution in [0.2, 0.25) is 0 Å². The second kappa shape index (κ2) is 8.22. The summed E-state index contributed by atoms with van der Waals surface area (Å²) < 4.78 is 10.1. The van der Waals surface area contributed by atoms with Crippen LogP contribution in [0.3, 0.4) is 0 Å². The van der Waals surface area contributed by atoms with Crippen LogP contribution in [-0.4, -0.2) is 36.1 Å². The molecule has 1 N–H and O–H groups in total. The Hall–Kier alpha value is -3.54. The molecule has 6 heteroatoms. The third-order valence-electron chi connectivity index (χ3n) is 5.02. The highest BCUT2D eigenvalue weighted by Gasteiger charge is 2.39. The number of allylic oxidation sites excluding steroid dienone is 1. The maximum atomic E-state index is 13.3. The first-order valence-corrected chi connectivity index (χ1v) is 9.15. The van der Waals surface area contributed by atoms with Crippen LogP contribution in [0.1, 0.15) is 31.0 Å². The number of hydrogen-bond acceptors (Lipinski definition) is 5. The van der Waals surface area contributed by atoms with E-state index in [1.165, 1.54) is 20.3 Å². The lowest BCUT2D eigenvalue weighted by atomic mass is 10.0. The minimum absolute atomic E-state index is 0.00774. The first kappa shape index (κ1) is 20.2. The zero-order chi connectivity index (χ0) is 21.1. The summed E-state index contributed by atoms with van der Waals surface area (Å²) in [7, 11) is 2.73. The van der Waals surface area contributed by atoms with Crippen molar-refractivity contribution in [3.63, 3.8) is 0 Å². The van der Waals surface area contributed by atoms with Gasteiger partial charge in [0.1, 0.15) is 0 Å². The minimum Gasteiger partial charge on any atom is -0.504 e. The fourth-order valence-electron chi connectivity index (χ4n) is 3.50. The standard InChI is InChI=1S/C23H23NO5/c1-14(17-8-6-5-7-9-17)24-15(2)21(23(27)29-4)18(22(24)26)12-16-10-11-19(25)20(13-16)28-3/h5-14,25H,1-4H3/b18-12-/t14-/m0/s1. The molecule has 29 heavy (non-hydrogen) atoms. The Bertz CT molecular complexity index is 1010. The van der Waals surface area contributed by atoms with E-state index in [1.807, 2.05) is 37.3 Å². The molecular formula is C23H23NO5. The molecule has 0 aliphatic carbocycles. The van der Waals surface area contributed by atoms with Crippen molar-refractivity contribution in [3.05, 3.63) is 76.5 Å². The number of methoxy groups -OCH3 is 2. The second-order valence-electron chi connectivity index (χ2n) is 6.70. The molecule has 1 atom stereocenters. The quantitative estimate of drug-likeness (QED) is 0.617. The summed E-state index contributed by atoms with van der Waals surface area (Å²) in [6.45, 7) is 3.65. The second-order valence-corrected chi connectivity index (χ2v) is 6.70. The van der Waals surface area contributed by atoms with Crippen LogP contribution in [0.5, 0.6) is 11.5 Å². The summed E-state index contributed by atoms with van der Waals surface area (Å²) in [6.07, 6.45) is 1.61. The Labute approximate surface area is 169 Å². The van der Waals surface area contributed by atoms with Gasteiger partial charge in [0.2, 0.25) is 0 Å². The number of phenolic OH excluding ortho intramolecular Hbond substituents is 1. The topological polar surface area (TPSA) is 76.1 Å². The first-order valence-electron chi connectivity index (χ1n) is 9.15. The largest absolute Gasteiger partial charge is 0.504 e.